The first-order valence-corrected chi connectivity index (χ1v) is 9.07. The highest BCUT2D eigenvalue weighted by Crippen LogP contribution is 2.35. The van der Waals surface area contributed by atoms with E-state index in [4.69, 9.17) is 31.5 Å². The summed E-state index contributed by atoms with van der Waals surface area (Å²) in [6, 6.07) is 3.46. The van der Waals surface area contributed by atoms with Gasteiger partial charge in [0.25, 0.3) is 5.91 Å². The molecule has 27 heavy (non-hydrogen) atoms. The number of carbonyl (C=O) groups is 2. The summed E-state index contributed by atoms with van der Waals surface area (Å²) in [5.41, 5.74) is 0.693. The van der Waals surface area contributed by atoms with Crippen LogP contribution >= 0.6 is 24.0 Å². The maximum Gasteiger partial charge on any atom is 0.305 e. The van der Waals surface area contributed by atoms with Crippen molar-refractivity contribution in [1.82, 2.24) is 4.90 Å². The molecule has 0 spiro atoms. The Kier molecular flexibility index (Phi) is 7.26. The fraction of sp³-hybridized carbons (Fsp3) is 0.278. The SMILES string of the molecule is COc1cc(OC)c(C=CC=C2SC(=S)N(CCC(=O)O)C2=O)c(OC)c1. The van der Waals surface area contributed by atoms with Crippen molar-refractivity contribution in [3.05, 3.63) is 34.8 Å². The third kappa shape index (κ3) is 5.01. The highest BCUT2D eigenvalue weighted by atomic mass is 32.2. The van der Waals surface area contributed by atoms with E-state index in [0.29, 0.717) is 32.0 Å². The molecule has 1 fully saturated rings. The topological polar surface area (TPSA) is 85.3 Å². The minimum Gasteiger partial charge on any atom is -0.496 e. The monoisotopic (exact) mass is 409 g/mol. The van der Waals surface area contributed by atoms with Gasteiger partial charge in [-0.2, -0.15) is 0 Å². The second-order valence-corrected chi connectivity index (χ2v) is 6.98. The van der Waals surface area contributed by atoms with Crippen LogP contribution in [0, 0.1) is 0 Å². The van der Waals surface area contributed by atoms with Gasteiger partial charge in [0.15, 0.2) is 0 Å². The summed E-state index contributed by atoms with van der Waals surface area (Å²) in [7, 11) is 4.63. The minimum atomic E-state index is -0.980. The first-order valence-electron chi connectivity index (χ1n) is 7.85. The van der Waals surface area contributed by atoms with Crippen LogP contribution in [0.3, 0.4) is 0 Å². The summed E-state index contributed by atoms with van der Waals surface area (Å²) in [6.45, 7) is 0.0567. The molecule has 0 bridgehead atoms. The Morgan fingerprint density at radius 1 is 1.22 bits per heavy atom. The van der Waals surface area contributed by atoms with Crippen LogP contribution in [0.25, 0.3) is 6.08 Å². The zero-order chi connectivity index (χ0) is 20.0. The largest absolute Gasteiger partial charge is 0.496 e. The average molecular weight is 409 g/mol. The molecule has 0 aliphatic carbocycles. The van der Waals surface area contributed by atoms with Gasteiger partial charge in [-0.25, -0.2) is 0 Å². The highest BCUT2D eigenvalue weighted by molar-refractivity contribution is 8.26. The second-order valence-electron chi connectivity index (χ2n) is 5.30. The molecule has 1 N–H and O–H groups in total. The number of benzene rings is 1. The summed E-state index contributed by atoms with van der Waals surface area (Å²) in [5.74, 6) is 0.436. The molecule has 0 saturated carbocycles. The van der Waals surface area contributed by atoms with Crippen LogP contribution in [-0.4, -0.2) is 54.1 Å². The summed E-state index contributed by atoms with van der Waals surface area (Å²) in [5, 5.41) is 8.77. The average Bonchev–Trinajstić information content (AvgIpc) is 2.92. The Balaban J connectivity index is 2.23. The van der Waals surface area contributed by atoms with Crippen LogP contribution in [0.5, 0.6) is 17.2 Å². The fourth-order valence-corrected chi connectivity index (χ4v) is 3.60. The molecule has 0 aromatic heterocycles. The molecule has 1 aliphatic rings. The zero-order valence-electron chi connectivity index (χ0n) is 15.1. The molecule has 1 amide bonds. The maximum atomic E-state index is 12.4. The summed E-state index contributed by atoms with van der Waals surface area (Å²) >= 11 is 6.29. The summed E-state index contributed by atoms with van der Waals surface area (Å²) in [4.78, 5) is 24.8. The van der Waals surface area contributed by atoms with Crippen molar-refractivity contribution in [1.29, 1.82) is 0 Å². The number of carboxylic acid groups (broad SMARTS) is 1. The summed E-state index contributed by atoms with van der Waals surface area (Å²) < 4.78 is 16.3. The number of thiocarbonyl (C=S) groups is 1. The minimum absolute atomic E-state index is 0.0567. The molecular formula is C18H19NO6S2. The lowest BCUT2D eigenvalue weighted by Gasteiger charge is -2.12. The first-order chi connectivity index (χ1) is 12.9. The van der Waals surface area contributed by atoms with Crippen LogP contribution in [0.4, 0.5) is 0 Å². The Morgan fingerprint density at radius 3 is 2.37 bits per heavy atom. The number of amides is 1. The molecule has 0 unspecified atom stereocenters. The Bertz CT molecular complexity index is 793. The number of thioether (sulfide) groups is 1. The number of carboxylic acids is 1. The Hall–Kier alpha value is -2.52. The number of nitrogens with zero attached hydrogens (tertiary/aromatic N) is 1. The maximum absolute atomic E-state index is 12.4. The van der Waals surface area contributed by atoms with Crippen LogP contribution in [0.2, 0.25) is 0 Å². The third-order valence-corrected chi connectivity index (χ3v) is 5.08. The molecule has 1 aromatic rings. The van der Waals surface area contributed by atoms with Gasteiger partial charge in [0.1, 0.15) is 21.6 Å². The van der Waals surface area contributed by atoms with Gasteiger partial charge in [-0.05, 0) is 12.2 Å². The van der Waals surface area contributed by atoms with Gasteiger partial charge in [-0.1, -0.05) is 30.1 Å². The number of carbonyl (C=O) groups excluding carboxylic acids is 1. The molecule has 0 atom stereocenters. The smallest absolute Gasteiger partial charge is 0.305 e. The number of methoxy groups -OCH3 is 3. The molecule has 7 nitrogen and oxygen atoms in total. The van der Waals surface area contributed by atoms with E-state index in [9.17, 15) is 9.59 Å². The molecule has 9 heteroatoms. The number of rotatable bonds is 8. The van der Waals surface area contributed by atoms with Crippen molar-refractivity contribution < 1.29 is 28.9 Å². The van der Waals surface area contributed by atoms with E-state index in [2.05, 4.69) is 0 Å². The second kappa shape index (κ2) is 9.43. The van der Waals surface area contributed by atoms with E-state index in [1.54, 1.807) is 51.7 Å². The van der Waals surface area contributed by atoms with E-state index in [1.165, 1.54) is 4.90 Å². The molecule has 1 aliphatic heterocycles. The predicted octanol–water partition coefficient (Wildman–Crippen LogP) is 2.94. The number of aliphatic carboxylic acids is 1. The van der Waals surface area contributed by atoms with E-state index >= 15 is 0 Å². The van der Waals surface area contributed by atoms with Gasteiger partial charge in [-0.3, -0.25) is 14.5 Å². The molecule has 2 rings (SSSR count). The van der Waals surface area contributed by atoms with Crippen LogP contribution in [0.15, 0.2) is 29.2 Å². The summed E-state index contributed by atoms with van der Waals surface area (Å²) in [6.07, 6.45) is 4.91. The quantitative estimate of drug-likeness (QED) is 0.518. The van der Waals surface area contributed by atoms with Crippen LogP contribution in [-0.2, 0) is 9.59 Å². The normalized spacial score (nSPS) is 15.7. The van der Waals surface area contributed by atoms with Crippen LogP contribution in [0.1, 0.15) is 12.0 Å². The molecule has 1 heterocycles. The standard InChI is InChI=1S/C18H19NO6S2/c1-23-11-9-13(24-2)12(14(10-11)25-3)5-4-6-15-17(22)19(18(26)27-15)8-7-16(20)21/h4-6,9-10H,7-8H2,1-3H3,(H,20,21). The predicted molar refractivity (Wildman–Crippen MR) is 107 cm³/mol. The van der Waals surface area contributed by atoms with Gasteiger partial charge in [0.05, 0.1) is 38.2 Å². The first kappa shape index (κ1) is 20.8. The molecule has 0 radical (unpaired) electrons. The molecule has 1 saturated heterocycles. The highest BCUT2D eigenvalue weighted by Gasteiger charge is 2.31. The van der Waals surface area contributed by atoms with E-state index in [0.717, 1.165) is 11.8 Å². The van der Waals surface area contributed by atoms with Crippen molar-refractivity contribution >= 4 is 46.3 Å². The van der Waals surface area contributed by atoms with Gasteiger partial charge in [-0.15, -0.1) is 0 Å². The van der Waals surface area contributed by atoms with Crippen molar-refractivity contribution in [2.24, 2.45) is 0 Å². The van der Waals surface area contributed by atoms with E-state index in [-0.39, 0.29) is 18.9 Å². The van der Waals surface area contributed by atoms with E-state index < -0.39 is 5.97 Å². The Morgan fingerprint density at radius 2 is 1.85 bits per heavy atom. The lowest BCUT2D eigenvalue weighted by atomic mass is 10.1. The van der Waals surface area contributed by atoms with Crippen molar-refractivity contribution in [3.63, 3.8) is 0 Å². The van der Waals surface area contributed by atoms with Gasteiger partial charge in [0, 0.05) is 18.7 Å². The molecular weight excluding hydrogens is 390 g/mol. The van der Waals surface area contributed by atoms with Gasteiger partial charge in [0.2, 0.25) is 0 Å². The lowest BCUT2D eigenvalue weighted by Crippen LogP contribution is -2.30. The van der Waals surface area contributed by atoms with Gasteiger partial charge >= 0.3 is 5.97 Å². The lowest BCUT2D eigenvalue weighted by molar-refractivity contribution is -0.137. The van der Waals surface area contributed by atoms with Crippen molar-refractivity contribution in [2.75, 3.05) is 27.9 Å². The van der Waals surface area contributed by atoms with Crippen molar-refractivity contribution in [2.45, 2.75) is 6.42 Å². The zero-order valence-corrected chi connectivity index (χ0v) is 16.7. The van der Waals surface area contributed by atoms with E-state index in [1.807, 2.05) is 0 Å². The fourth-order valence-electron chi connectivity index (χ4n) is 2.34. The molecule has 1 aromatic carbocycles. The number of allylic oxidation sites excluding steroid dienone is 2. The Labute approximate surface area is 166 Å². The third-order valence-electron chi connectivity index (χ3n) is 3.69. The van der Waals surface area contributed by atoms with Gasteiger partial charge < -0.3 is 19.3 Å². The number of ether oxygens (including phenoxy) is 3. The number of hydrogen-bond acceptors (Lipinski definition) is 7. The number of hydrogen-bond donors (Lipinski definition) is 1. The van der Waals surface area contributed by atoms with Crippen LogP contribution < -0.4 is 14.2 Å². The molecule has 144 valence electrons. The van der Waals surface area contributed by atoms with Crippen molar-refractivity contribution in [3.8, 4) is 17.2 Å².